The van der Waals surface area contributed by atoms with Crippen molar-refractivity contribution < 1.29 is 14.3 Å². The van der Waals surface area contributed by atoms with Crippen LogP contribution in [0, 0.1) is 0 Å². The number of hydrogen-bond donors (Lipinski definition) is 1. The topological polar surface area (TPSA) is 55.4 Å². The van der Waals surface area contributed by atoms with E-state index in [1.807, 2.05) is 44.2 Å². The van der Waals surface area contributed by atoms with Crippen LogP contribution < -0.4 is 5.32 Å². The van der Waals surface area contributed by atoms with Crippen LogP contribution in [0.25, 0.3) is 0 Å². The predicted octanol–water partition coefficient (Wildman–Crippen LogP) is 2.99. The molecule has 1 aromatic rings. The Hall–Kier alpha value is -1.84. The molecule has 0 aliphatic rings. The van der Waals surface area contributed by atoms with Gasteiger partial charge in [-0.05, 0) is 18.4 Å². The molecular weight excluding hydrogens is 254 g/mol. The molecule has 0 saturated heterocycles. The molecule has 0 bridgehead atoms. The highest BCUT2D eigenvalue weighted by Crippen LogP contribution is 2.17. The molecule has 1 amide bonds. The Labute approximate surface area is 120 Å². The van der Waals surface area contributed by atoms with E-state index in [1.54, 1.807) is 0 Å². The molecule has 1 atom stereocenters. The van der Waals surface area contributed by atoms with Crippen LogP contribution in [0.2, 0.25) is 0 Å². The molecule has 1 rings (SSSR count). The van der Waals surface area contributed by atoms with Gasteiger partial charge in [-0.1, -0.05) is 44.2 Å². The molecule has 1 aromatic carbocycles. The SMILES string of the molecule is CCCC(=O)NC[C@@H](OC(=O)CCC)c1ccccc1. The van der Waals surface area contributed by atoms with E-state index in [4.69, 9.17) is 4.74 Å². The molecule has 0 aliphatic heterocycles. The van der Waals surface area contributed by atoms with Crippen LogP contribution >= 0.6 is 0 Å². The van der Waals surface area contributed by atoms with Gasteiger partial charge in [0.2, 0.25) is 5.91 Å². The Morgan fingerprint density at radius 2 is 1.75 bits per heavy atom. The third kappa shape index (κ3) is 5.87. The van der Waals surface area contributed by atoms with Crippen LogP contribution in [0.3, 0.4) is 0 Å². The number of benzene rings is 1. The van der Waals surface area contributed by atoms with Gasteiger partial charge in [-0.25, -0.2) is 0 Å². The van der Waals surface area contributed by atoms with Crippen molar-refractivity contribution in [2.75, 3.05) is 6.54 Å². The molecule has 110 valence electrons. The Bertz CT molecular complexity index is 417. The van der Waals surface area contributed by atoms with E-state index in [0.717, 1.165) is 18.4 Å². The maximum absolute atomic E-state index is 11.7. The van der Waals surface area contributed by atoms with Crippen LogP contribution in [0.15, 0.2) is 30.3 Å². The third-order valence-corrected chi connectivity index (χ3v) is 2.86. The Kier molecular flexibility index (Phi) is 7.40. The van der Waals surface area contributed by atoms with Crippen molar-refractivity contribution in [1.29, 1.82) is 0 Å². The van der Waals surface area contributed by atoms with Gasteiger partial charge in [-0.2, -0.15) is 0 Å². The van der Waals surface area contributed by atoms with E-state index in [1.165, 1.54) is 0 Å². The van der Waals surface area contributed by atoms with Gasteiger partial charge in [-0.15, -0.1) is 0 Å². The first kappa shape index (κ1) is 16.2. The predicted molar refractivity (Wildman–Crippen MR) is 78.1 cm³/mol. The second-order valence-electron chi connectivity index (χ2n) is 4.69. The number of ether oxygens (including phenoxy) is 1. The molecule has 20 heavy (non-hydrogen) atoms. The van der Waals surface area contributed by atoms with E-state index in [0.29, 0.717) is 19.4 Å². The molecule has 0 aromatic heterocycles. The van der Waals surface area contributed by atoms with E-state index in [2.05, 4.69) is 5.32 Å². The average molecular weight is 277 g/mol. The van der Waals surface area contributed by atoms with Crippen molar-refractivity contribution in [3.8, 4) is 0 Å². The molecule has 0 unspecified atom stereocenters. The van der Waals surface area contributed by atoms with Gasteiger partial charge in [0.15, 0.2) is 0 Å². The first-order chi connectivity index (χ1) is 9.67. The molecule has 0 spiro atoms. The average Bonchev–Trinajstić information content (AvgIpc) is 2.45. The molecule has 0 saturated carbocycles. The van der Waals surface area contributed by atoms with Crippen molar-refractivity contribution >= 4 is 11.9 Å². The van der Waals surface area contributed by atoms with Crippen LogP contribution in [-0.2, 0) is 14.3 Å². The zero-order valence-electron chi connectivity index (χ0n) is 12.2. The quantitative estimate of drug-likeness (QED) is 0.743. The van der Waals surface area contributed by atoms with Gasteiger partial charge < -0.3 is 10.1 Å². The molecule has 1 N–H and O–H groups in total. The van der Waals surface area contributed by atoms with E-state index in [-0.39, 0.29) is 11.9 Å². The number of carbonyl (C=O) groups excluding carboxylic acids is 2. The molecule has 4 heteroatoms. The van der Waals surface area contributed by atoms with Crippen molar-refractivity contribution in [1.82, 2.24) is 5.32 Å². The summed E-state index contributed by atoms with van der Waals surface area (Å²) in [7, 11) is 0. The first-order valence-electron chi connectivity index (χ1n) is 7.18. The summed E-state index contributed by atoms with van der Waals surface area (Å²) >= 11 is 0. The minimum atomic E-state index is -0.420. The maximum atomic E-state index is 11.7. The molecular formula is C16H23NO3. The van der Waals surface area contributed by atoms with E-state index < -0.39 is 6.10 Å². The largest absolute Gasteiger partial charge is 0.456 e. The van der Waals surface area contributed by atoms with Crippen molar-refractivity contribution in [2.45, 2.75) is 45.6 Å². The molecule has 0 aliphatic carbocycles. The summed E-state index contributed by atoms with van der Waals surface area (Å²) in [4.78, 5) is 23.2. The van der Waals surface area contributed by atoms with Crippen LogP contribution in [-0.4, -0.2) is 18.4 Å². The molecule has 4 nitrogen and oxygen atoms in total. The Balaban J connectivity index is 2.64. The fourth-order valence-electron chi connectivity index (χ4n) is 1.84. The minimum Gasteiger partial charge on any atom is -0.456 e. The van der Waals surface area contributed by atoms with Gasteiger partial charge in [0.05, 0.1) is 6.54 Å². The zero-order chi connectivity index (χ0) is 14.8. The van der Waals surface area contributed by atoms with Gasteiger partial charge in [0.1, 0.15) is 6.10 Å². The summed E-state index contributed by atoms with van der Waals surface area (Å²) in [5.74, 6) is -0.244. The van der Waals surface area contributed by atoms with Crippen molar-refractivity contribution in [3.05, 3.63) is 35.9 Å². The highest BCUT2D eigenvalue weighted by atomic mass is 16.5. The van der Waals surface area contributed by atoms with Gasteiger partial charge >= 0.3 is 5.97 Å². The smallest absolute Gasteiger partial charge is 0.306 e. The summed E-state index contributed by atoms with van der Waals surface area (Å²) in [6.07, 6.45) is 2.02. The molecule has 0 heterocycles. The summed E-state index contributed by atoms with van der Waals surface area (Å²) in [6, 6.07) is 9.49. The number of carbonyl (C=O) groups is 2. The highest BCUT2D eigenvalue weighted by Gasteiger charge is 2.17. The van der Waals surface area contributed by atoms with Gasteiger partial charge in [0, 0.05) is 12.8 Å². The lowest BCUT2D eigenvalue weighted by atomic mass is 10.1. The summed E-state index contributed by atoms with van der Waals surface area (Å²) in [6.45, 7) is 4.20. The Morgan fingerprint density at radius 3 is 2.35 bits per heavy atom. The number of hydrogen-bond acceptors (Lipinski definition) is 3. The number of nitrogens with one attached hydrogen (secondary N) is 1. The number of amides is 1. The lowest BCUT2D eigenvalue weighted by Gasteiger charge is -2.19. The minimum absolute atomic E-state index is 0.0139. The number of rotatable bonds is 8. The van der Waals surface area contributed by atoms with Crippen molar-refractivity contribution in [3.63, 3.8) is 0 Å². The van der Waals surface area contributed by atoms with Crippen LogP contribution in [0.5, 0.6) is 0 Å². The fourth-order valence-corrected chi connectivity index (χ4v) is 1.84. The lowest BCUT2D eigenvalue weighted by molar-refractivity contribution is -0.150. The van der Waals surface area contributed by atoms with E-state index >= 15 is 0 Å². The van der Waals surface area contributed by atoms with Crippen LogP contribution in [0.1, 0.15) is 51.2 Å². The van der Waals surface area contributed by atoms with Gasteiger partial charge in [-0.3, -0.25) is 9.59 Å². The summed E-state index contributed by atoms with van der Waals surface area (Å²) in [5, 5.41) is 2.81. The normalized spacial score (nSPS) is 11.7. The molecule has 0 radical (unpaired) electrons. The lowest BCUT2D eigenvalue weighted by Crippen LogP contribution is -2.30. The Morgan fingerprint density at radius 1 is 1.10 bits per heavy atom. The van der Waals surface area contributed by atoms with Gasteiger partial charge in [0.25, 0.3) is 0 Å². The monoisotopic (exact) mass is 277 g/mol. The highest BCUT2D eigenvalue weighted by molar-refractivity contribution is 5.76. The van der Waals surface area contributed by atoms with Crippen molar-refractivity contribution in [2.24, 2.45) is 0 Å². The number of esters is 1. The second-order valence-corrected chi connectivity index (χ2v) is 4.69. The second kappa shape index (κ2) is 9.13. The summed E-state index contributed by atoms with van der Waals surface area (Å²) < 4.78 is 5.45. The third-order valence-electron chi connectivity index (χ3n) is 2.86. The van der Waals surface area contributed by atoms with E-state index in [9.17, 15) is 9.59 Å². The maximum Gasteiger partial charge on any atom is 0.306 e. The first-order valence-corrected chi connectivity index (χ1v) is 7.18. The standard InChI is InChI=1S/C16H23NO3/c1-3-8-15(18)17-12-14(20-16(19)9-4-2)13-10-6-5-7-11-13/h5-7,10-11,14H,3-4,8-9,12H2,1-2H3,(H,17,18)/t14-/m1/s1. The molecule has 0 fully saturated rings. The zero-order valence-corrected chi connectivity index (χ0v) is 12.2. The van der Waals surface area contributed by atoms with Crippen LogP contribution in [0.4, 0.5) is 0 Å². The fraction of sp³-hybridized carbons (Fsp3) is 0.500. The summed E-state index contributed by atoms with van der Waals surface area (Å²) in [5.41, 5.74) is 0.897.